The van der Waals surface area contributed by atoms with Gasteiger partial charge in [-0.3, -0.25) is 4.79 Å². The molecular formula is C9H12ClNO2. The largest absolute Gasteiger partial charge is 0.440 e. The first-order valence-corrected chi connectivity index (χ1v) is 4.65. The Morgan fingerprint density at radius 3 is 2.92 bits per heavy atom. The molecule has 3 nitrogen and oxygen atoms in total. The molecule has 0 atom stereocenters. The smallest absolute Gasteiger partial charge is 0.287 e. The van der Waals surface area contributed by atoms with Gasteiger partial charge in [-0.1, -0.05) is 13.3 Å². The highest BCUT2D eigenvalue weighted by Crippen LogP contribution is 2.12. The average molecular weight is 202 g/mol. The number of rotatable bonds is 4. The van der Waals surface area contributed by atoms with Crippen LogP contribution in [0.4, 0.5) is 0 Å². The highest BCUT2D eigenvalue weighted by molar-refractivity contribution is 6.29. The average Bonchev–Trinajstić information content (AvgIpc) is 2.52. The number of halogens is 1. The second-order valence-corrected chi connectivity index (χ2v) is 3.09. The van der Waals surface area contributed by atoms with Crippen molar-refractivity contribution in [2.24, 2.45) is 0 Å². The zero-order chi connectivity index (χ0) is 9.68. The van der Waals surface area contributed by atoms with E-state index < -0.39 is 0 Å². The number of unbranched alkanes of at least 4 members (excludes halogenated alkanes) is 1. The summed E-state index contributed by atoms with van der Waals surface area (Å²) in [5.41, 5.74) is 0. The summed E-state index contributed by atoms with van der Waals surface area (Å²) < 4.78 is 4.93. The predicted octanol–water partition coefficient (Wildman–Crippen LogP) is 2.46. The number of hydrogen-bond donors (Lipinski definition) is 1. The van der Waals surface area contributed by atoms with Gasteiger partial charge < -0.3 is 9.73 Å². The monoisotopic (exact) mass is 201 g/mol. The predicted molar refractivity (Wildman–Crippen MR) is 51.0 cm³/mol. The maximum atomic E-state index is 11.3. The molecule has 1 rings (SSSR count). The van der Waals surface area contributed by atoms with Crippen LogP contribution >= 0.6 is 11.6 Å². The van der Waals surface area contributed by atoms with Gasteiger partial charge in [0.05, 0.1) is 0 Å². The maximum Gasteiger partial charge on any atom is 0.287 e. The fraction of sp³-hybridized carbons (Fsp3) is 0.444. The molecule has 1 heterocycles. The van der Waals surface area contributed by atoms with Gasteiger partial charge in [0.1, 0.15) is 0 Å². The highest BCUT2D eigenvalue weighted by atomic mass is 35.5. The molecule has 0 saturated carbocycles. The third kappa shape index (κ3) is 3.11. The lowest BCUT2D eigenvalue weighted by Gasteiger charge is -2.00. The first-order chi connectivity index (χ1) is 6.24. The third-order valence-corrected chi connectivity index (χ3v) is 1.82. The van der Waals surface area contributed by atoms with Gasteiger partial charge in [0.2, 0.25) is 0 Å². The molecular weight excluding hydrogens is 190 g/mol. The lowest BCUT2D eigenvalue weighted by molar-refractivity contribution is 0.0925. The Balaban J connectivity index is 2.40. The minimum atomic E-state index is -0.208. The van der Waals surface area contributed by atoms with Gasteiger partial charge >= 0.3 is 0 Å². The fourth-order valence-electron chi connectivity index (χ4n) is 0.902. The second-order valence-electron chi connectivity index (χ2n) is 2.71. The van der Waals surface area contributed by atoms with Crippen molar-refractivity contribution in [3.05, 3.63) is 23.1 Å². The van der Waals surface area contributed by atoms with Crippen LogP contribution in [-0.2, 0) is 0 Å². The second kappa shape index (κ2) is 4.92. The standard InChI is InChI=1S/C9H12ClNO2/c1-2-3-6-11-9(12)7-4-5-8(10)13-7/h4-5H,2-3,6H2,1H3,(H,11,12). The van der Waals surface area contributed by atoms with Gasteiger partial charge in [-0.15, -0.1) is 0 Å². The quantitative estimate of drug-likeness (QED) is 0.761. The van der Waals surface area contributed by atoms with Crippen LogP contribution in [0.25, 0.3) is 0 Å². The van der Waals surface area contributed by atoms with E-state index >= 15 is 0 Å². The molecule has 1 aromatic heterocycles. The highest BCUT2D eigenvalue weighted by Gasteiger charge is 2.08. The van der Waals surface area contributed by atoms with Crippen molar-refractivity contribution in [3.8, 4) is 0 Å². The van der Waals surface area contributed by atoms with E-state index in [9.17, 15) is 4.79 Å². The number of carbonyl (C=O) groups excluding carboxylic acids is 1. The van der Waals surface area contributed by atoms with Crippen LogP contribution in [0.2, 0.25) is 5.22 Å². The topological polar surface area (TPSA) is 42.2 Å². The summed E-state index contributed by atoms with van der Waals surface area (Å²) in [7, 11) is 0. The molecule has 1 aromatic rings. The first kappa shape index (κ1) is 10.1. The van der Waals surface area contributed by atoms with Gasteiger partial charge in [-0.05, 0) is 30.2 Å². The lowest BCUT2D eigenvalue weighted by Crippen LogP contribution is -2.23. The summed E-state index contributed by atoms with van der Waals surface area (Å²) >= 11 is 5.52. The molecule has 0 aliphatic heterocycles. The van der Waals surface area contributed by atoms with Crippen LogP contribution in [0.3, 0.4) is 0 Å². The minimum absolute atomic E-state index is 0.208. The Morgan fingerprint density at radius 1 is 1.62 bits per heavy atom. The Bertz CT molecular complexity index is 283. The van der Waals surface area contributed by atoms with E-state index in [1.807, 2.05) is 0 Å². The lowest BCUT2D eigenvalue weighted by atomic mass is 10.3. The normalized spacial score (nSPS) is 10.0. The minimum Gasteiger partial charge on any atom is -0.440 e. The third-order valence-electron chi connectivity index (χ3n) is 1.61. The molecule has 0 unspecified atom stereocenters. The van der Waals surface area contributed by atoms with Crippen molar-refractivity contribution in [3.63, 3.8) is 0 Å². The van der Waals surface area contributed by atoms with Crippen molar-refractivity contribution in [1.29, 1.82) is 0 Å². The molecule has 72 valence electrons. The summed E-state index contributed by atoms with van der Waals surface area (Å²) in [6, 6.07) is 3.11. The van der Waals surface area contributed by atoms with Crippen LogP contribution in [0.1, 0.15) is 30.3 Å². The number of hydrogen-bond acceptors (Lipinski definition) is 2. The van der Waals surface area contributed by atoms with E-state index in [-0.39, 0.29) is 16.9 Å². The van der Waals surface area contributed by atoms with E-state index in [2.05, 4.69) is 12.2 Å². The molecule has 0 aliphatic carbocycles. The van der Waals surface area contributed by atoms with Gasteiger partial charge in [-0.25, -0.2) is 0 Å². The van der Waals surface area contributed by atoms with E-state index in [1.54, 1.807) is 12.1 Å². The molecule has 0 spiro atoms. The van der Waals surface area contributed by atoms with Crippen LogP contribution in [0.5, 0.6) is 0 Å². The summed E-state index contributed by atoms with van der Waals surface area (Å²) in [5.74, 6) is 0.0569. The summed E-state index contributed by atoms with van der Waals surface area (Å²) in [6.07, 6.45) is 2.03. The number of carbonyl (C=O) groups is 1. The van der Waals surface area contributed by atoms with Crippen molar-refractivity contribution in [2.75, 3.05) is 6.54 Å². The molecule has 0 fully saturated rings. The van der Waals surface area contributed by atoms with Crippen molar-refractivity contribution in [2.45, 2.75) is 19.8 Å². The molecule has 1 amide bonds. The molecule has 1 N–H and O–H groups in total. The molecule has 0 saturated heterocycles. The Labute approximate surface area is 82.1 Å². The van der Waals surface area contributed by atoms with Gasteiger partial charge in [0.15, 0.2) is 11.0 Å². The molecule has 4 heteroatoms. The van der Waals surface area contributed by atoms with Crippen molar-refractivity contribution in [1.82, 2.24) is 5.32 Å². The molecule has 0 bridgehead atoms. The molecule has 0 aliphatic rings. The zero-order valence-electron chi connectivity index (χ0n) is 7.47. The number of nitrogens with one attached hydrogen (secondary N) is 1. The summed E-state index contributed by atoms with van der Waals surface area (Å²) in [4.78, 5) is 11.3. The maximum absolute atomic E-state index is 11.3. The fourth-order valence-corrected chi connectivity index (χ4v) is 1.05. The van der Waals surface area contributed by atoms with Crippen LogP contribution in [0, 0.1) is 0 Å². The summed E-state index contributed by atoms with van der Waals surface area (Å²) in [5, 5.41) is 2.96. The van der Waals surface area contributed by atoms with Crippen molar-refractivity contribution < 1.29 is 9.21 Å². The number of furan rings is 1. The van der Waals surface area contributed by atoms with Gasteiger partial charge in [0, 0.05) is 6.54 Å². The Morgan fingerprint density at radius 2 is 2.38 bits per heavy atom. The van der Waals surface area contributed by atoms with Crippen LogP contribution in [0.15, 0.2) is 16.5 Å². The molecule has 13 heavy (non-hydrogen) atoms. The molecule has 0 radical (unpaired) electrons. The zero-order valence-corrected chi connectivity index (χ0v) is 8.23. The molecule has 0 aromatic carbocycles. The van der Waals surface area contributed by atoms with Gasteiger partial charge in [0.25, 0.3) is 5.91 Å². The van der Waals surface area contributed by atoms with E-state index in [0.717, 1.165) is 12.8 Å². The Kier molecular flexibility index (Phi) is 3.83. The van der Waals surface area contributed by atoms with E-state index in [0.29, 0.717) is 6.54 Å². The number of amides is 1. The van der Waals surface area contributed by atoms with E-state index in [4.69, 9.17) is 16.0 Å². The Hall–Kier alpha value is -0.960. The van der Waals surface area contributed by atoms with Crippen LogP contribution in [-0.4, -0.2) is 12.5 Å². The summed E-state index contributed by atoms with van der Waals surface area (Å²) in [6.45, 7) is 2.74. The first-order valence-electron chi connectivity index (χ1n) is 4.27. The van der Waals surface area contributed by atoms with Crippen molar-refractivity contribution >= 4 is 17.5 Å². The SMILES string of the molecule is CCCCNC(=O)c1ccc(Cl)o1. The van der Waals surface area contributed by atoms with Gasteiger partial charge in [-0.2, -0.15) is 0 Å². The van der Waals surface area contributed by atoms with Crippen LogP contribution < -0.4 is 5.32 Å². The van der Waals surface area contributed by atoms with E-state index in [1.165, 1.54) is 0 Å².